The van der Waals surface area contributed by atoms with E-state index in [1.165, 1.54) is 13.2 Å². The molecular weight excluding hydrogens is 372 g/mol. The molecule has 3 rings (SSSR count). The molecule has 1 N–H and O–H groups in total. The monoisotopic (exact) mass is 394 g/mol. The van der Waals surface area contributed by atoms with Crippen molar-refractivity contribution < 1.29 is 17.9 Å². The van der Waals surface area contributed by atoms with Crippen LogP contribution in [-0.2, 0) is 10.0 Å². The summed E-state index contributed by atoms with van der Waals surface area (Å²) in [7, 11) is -2.30. The van der Waals surface area contributed by atoms with Crippen LogP contribution in [0.2, 0.25) is 0 Å². The number of ether oxygens (including phenoxy) is 1. The van der Waals surface area contributed by atoms with E-state index in [0.29, 0.717) is 17.0 Å². The molecule has 8 heteroatoms. The molecule has 1 amide bonds. The van der Waals surface area contributed by atoms with Crippen molar-refractivity contribution in [1.82, 2.24) is 4.90 Å². The molecule has 1 aliphatic heterocycles. The van der Waals surface area contributed by atoms with E-state index in [4.69, 9.17) is 4.74 Å². The molecule has 0 radical (unpaired) electrons. The van der Waals surface area contributed by atoms with Gasteiger partial charge in [0.15, 0.2) is 0 Å². The van der Waals surface area contributed by atoms with Crippen LogP contribution in [-0.4, -0.2) is 39.4 Å². The first-order chi connectivity index (χ1) is 12.4. The van der Waals surface area contributed by atoms with Crippen molar-refractivity contribution in [2.45, 2.75) is 30.4 Å². The van der Waals surface area contributed by atoms with Gasteiger partial charge in [-0.1, -0.05) is 6.07 Å². The van der Waals surface area contributed by atoms with Crippen LogP contribution in [0.5, 0.6) is 5.75 Å². The molecule has 1 aromatic heterocycles. The second-order valence-corrected chi connectivity index (χ2v) is 9.14. The second-order valence-electron chi connectivity index (χ2n) is 6.32. The Kier molecular flexibility index (Phi) is 5.52. The van der Waals surface area contributed by atoms with Crippen LogP contribution in [0.15, 0.2) is 33.9 Å². The van der Waals surface area contributed by atoms with Crippen molar-refractivity contribution in [1.29, 1.82) is 0 Å². The van der Waals surface area contributed by atoms with Gasteiger partial charge in [0.05, 0.1) is 18.4 Å². The SMILES string of the molecule is COc1ccc(C)cc1NS(=O)(=O)c1cc(C(=O)N2CCCCC2)cs1. The number of sulfonamides is 1. The molecule has 0 saturated carbocycles. The molecule has 26 heavy (non-hydrogen) atoms. The minimum absolute atomic E-state index is 0.101. The fourth-order valence-electron chi connectivity index (χ4n) is 2.95. The van der Waals surface area contributed by atoms with Crippen LogP contribution in [0.1, 0.15) is 35.2 Å². The zero-order valence-electron chi connectivity index (χ0n) is 14.8. The number of benzene rings is 1. The van der Waals surface area contributed by atoms with Gasteiger partial charge >= 0.3 is 0 Å². The van der Waals surface area contributed by atoms with E-state index in [0.717, 1.165) is 49.3 Å². The summed E-state index contributed by atoms with van der Waals surface area (Å²) in [6.07, 6.45) is 3.13. The van der Waals surface area contributed by atoms with Crippen molar-refractivity contribution >= 4 is 33.0 Å². The lowest BCUT2D eigenvalue weighted by Gasteiger charge is -2.26. The largest absolute Gasteiger partial charge is 0.495 e. The number of hydrogen-bond donors (Lipinski definition) is 1. The third-order valence-electron chi connectivity index (χ3n) is 4.33. The van der Waals surface area contributed by atoms with Gasteiger partial charge in [-0.05, 0) is 49.9 Å². The molecule has 1 aromatic carbocycles. The first-order valence-electron chi connectivity index (χ1n) is 8.46. The van der Waals surface area contributed by atoms with Gasteiger partial charge in [-0.15, -0.1) is 11.3 Å². The lowest BCUT2D eigenvalue weighted by atomic mass is 10.1. The fraction of sp³-hybridized carbons (Fsp3) is 0.389. The van der Waals surface area contributed by atoms with Crippen molar-refractivity contribution in [3.05, 3.63) is 40.8 Å². The number of carbonyl (C=O) groups is 1. The summed E-state index contributed by atoms with van der Waals surface area (Å²) in [6.45, 7) is 3.34. The van der Waals surface area contributed by atoms with Crippen LogP contribution < -0.4 is 9.46 Å². The highest BCUT2D eigenvalue weighted by molar-refractivity contribution is 7.94. The first-order valence-corrected chi connectivity index (χ1v) is 10.8. The third-order valence-corrected chi connectivity index (χ3v) is 7.13. The number of rotatable bonds is 5. The van der Waals surface area contributed by atoms with E-state index >= 15 is 0 Å². The van der Waals surface area contributed by atoms with Gasteiger partial charge in [0.1, 0.15) is 9.96 Å². The molecule has 140 valence electrons. The van der Waals surface area contributed by atoms with E-state index in [-0.39, 0.29) is 10.1 Å². The zero-order chi connectivity index (χ0) is 18.7. The molecule has 0 bridgehead atoms. The van der Waals surface area contributed by atoms with E-state index in [9.17, 15) is 13.2 Å². The molecule has 2 heterocycles. The molecule has 1 aliphatic rings. The highest BCUT2D eigenvalue weighted by Gasteiger charge is 2.24. The number of nitrogens with one attached hydrogen (secondary N) is 1. The van der Waals surface area contributed by atoms with Gasteiger partial charge in [0.25, 0.3) is 15.9 Å². The Bertz CT molecular complexity index is 900. The Labute approximate surface area is 157 Å². The number of methoxy groups -OCH3 is 1. The predicted molar refractivity (Wildman–Crippen MR) is 103 cm³/mol. The molecule has 1 fully saturated rings. The Morgan fingerprint density at radius 3 is 2.62 bits per heavy atom. The van der Waals surface area contributed by atoms with Crippen molar-refractivity contribution in [2.24, 2.45) is 0 Å². The molecule has 0 aliphatic carbocycles. The average molecular weight is 395 g/mol. The molecule has 1 saturated heterocycles. The van der Waals surface area contributed by atoms with Gasteiger partial charge in [-0.2, -0.15) is 0 Å². The van der Waals surface area contributed by atoms with Gasteiger partial charge < -0.3 is 9.64 Å². The summed E-state index contributed by atoms with van der Waals surface area (Å²) in [5.41, 5.74) is 1.72. The molecule has 0 atom stereocenters. The number of thiophene rings is 1. The highest BCUT2D eigenvalue weighted by atomic mass is 32.2. The van der Waals surface area contributed by atoms with Crippen LogP contribution in [0.25, 0.3) is 0 Å². The minimum atomic E-state index is -3.79. The van der Waals surface area contributed by atoms with E-state index in [1.807, 2.05) is 13.0 Å². The Balaban J connectivity index is 1.81. The number of anilines is 1. The van der Waals surface area contributed by atoms with Gasteiger partial charge in [0.2, 0.25) is 0 Å². The molecule has 2 aromatic rings. The predicted octanol–water partition coefficient (Wildman–Crippen LogP) is 3.49. The number of aryl methyl sites for hydroxylation is 1. The van der Waals surface area contributed by atoms with Crippen LogP contribution in [0.4, 0.5) is 5.69 Å². The fourth-order valence-corrected chi connectivity index (χ4v) is 5.16. The Hall–Kier alpha value is -2.06. The summed E-state index contributed by atoms with van der Waals surface area (Å²) < 4.78 is 33.3. The summed E-state index contributed by atoms with van der Waals surface area (Å²) in [4.78, 5) is 14.3. The lowest BCUT2D eigenvalue weighted by Crippen LogP contribution is -2.35. The van der Waals surface area contributed by atoms with Gasteiger partial charge in [0, 0.05) is 18.5 Å². The number of amides is 1. The highest BCUT2D eigenvalue weighted by Crippen LogP contribution is 2.30. The maximum atomic E-state index is 12.7. The summed E-state index contributed by atoms with van der Waals surface area (Å²) in [5, 5.41) is 1.61. The summed E-state index contributed by atoms with van der Waals surface area (Å²) >= 11 is 1.05. The number of piperidine rings is 1. The van der Waals surface area contributed by atoms with Crippen molar-refractivity contribution in [3.8, 4) is 5.75 Å². The third kappa shape index (κ3) is 4.02. The maximum Gasteiger partial charge on any atom is 0.271 e. The van der Waals surface area contributed by atoms with Gasteiger partial charge in [-0.3, -0.25) is 9.52 Å². The number of likely N-dealkylation sites (tertiary alicyclic amines) is 1. The van der Waals surface area contributed by atoms with E-state index < -0.39 is 10.0 Å². The summed E-state index contributed by atoms with van der Waals surface area (Å²) in [5.74, 6) is 0.343. The molecule has 0 spiro atoms. The lowest BCUT2D eigenvalue weighted by molar-refractivity contribution is 0.0725. The van der Waals surface area contributed by atoms with Crippen LogP contribution in [0, 0.1) is 6.92 Å². The maximum absolute atomic E-state index is 12.7. The van der Waals surface area contributed by atoms with Crippen molar-refractivity contribution in [2.75, 3.05) is 24.9 Å². The molecular formula is C18H22N2O4S2. The topological polar surface area (TPSA) is 75.7 Å². The van der Waals surface area contributed by atoms with E-state index in [2.05, 4.69) is 4.72 Å². The molecule has 0 unspecified atom stereocenters. The van der Waals surface area contributed by atoms with Crippen LogP contribution in [0.3, 0.4) is 0 Å². The van der Waals surface area contributed by atoms with Crippen LogP contribution >= 0.6 is 11.3 Å². The Morgan fingerprint density at radius 2 is 1.92 bits per heavy atom. The zero-order valence-corrected chi connectivity index (χ0v) is 16.5. The van der Waals surface area contributed by atoms with Crippen molar-refractivity contribution in [3.63, 3.8) is 0 Å². The quantitative estimate of drug-likeness (QED) is 0.842. The first kappa shape index (κ1) is 18.7. The molecule has 6 nitrogen and oxygen atoms in total. The van der Waals surface area contributed by atoms with E-state index in [1.54, 1.807) is 22.4 Å². The van der Waals surface area contributed by atoms with Gasteiger partial charge in [-0.25, -0.2) is 8.42 Å². The minimum Gasteiger partial charge on any atom is -0.495 e. The second kappa shape index (κ2) is 7.67. The smallest absolute Gasteiger partial charge is 0.271 e. The normalized spacial score (nSPS) is 14.9. The number of nitrogens with zero attached hydrogens (tertiary/aromatic N) is 1. The number of hydrogen-bond acceptors (Lipinski definition) is 5. The average Bonchev–Trinajstić information content (AvgIpc) is 3.13. The standard InChI is InChI=1S/C18H22N2O4S2/c1-13-6-7-16(24-2)15(10-13)19-26(22,23)17-11-14(12-25-17)18(21)20-8-4-3-5-9-20/h6-7,10-12,19H,3-5,8-9H2,1-2H3. The number of carbonyl (C=O) groups excluding carboxylic acids is 1. The summed E-state index contributed by atoms with van der Waals surface area (Å²) in [6, 6.07) is 6.72. The Morgan fingerprint density at radius 1 is 1.19 bits per heavy atom.